The van der Waals surface area contributed by atoms with Gasteiger partial charge in [0, 0.05) is 12.1 Å². The van der Waals surface area contributed by atoms with Crippen LogP contribution in [0.4, 0.5) is 24.5 Å². The number of anilines is 1. The zero-order valence-electron chi connectivity index (χ0n) is 34.9. The second-order valence-electron chi connectivity index (χ2n) is 12.7. The lowest BCUT2D eigenvalue weighted by molar-refractivity contribution is -0.385. The predicted octanol–water partition coefficient (Wildman–Crippen LogP) is 6.52. The number of rotatable bonds is 16. The number of aryl methyl sites for hydroxylation is 1. The molecule has 0 aliphatic carbocycles. The molecule has 0 bridgehead atoms. The van der Waals surface area contributed by atoms with E-state index in [-0.39, 0.29) is 56.4 Å². The Labute approximate surface area is 391 Å². The van der Waals surface area contributed by atoms with Crippen LogP contribution in [-0.4, -0.2) is 105 Å². The van der Waals surface area contributed by atoms with Crippen LogP contribution in [-0.2, 0) is 39.8 Å². The van der Waals surface area contributed by atoms with E-state index in [9.17, 15) is 50.7 Å². The molecule has 3 aromatic carbocycles. The van der Waals surface area contributed by atoms with E-state index in [1.54, 1.807) is 19.9 Å². The first-order valence-electron chi connectivity index (χ1n) is 18.1. The van der Waals surface area contributed by atoms with Gasteiger partial charge in [0.05, 0.1) is 71.0 Å². The number of aromatic nitrogens is 4. The van der Waals surface area contributed by atoms with Crippen molar-refractivity contribution in [3.63, 3.8) is 0 Å². The van der Waals surface area contributed by atoms with Gasteiger partial charge in [0.25, 0.3) is 26.6 Å². The topological polar surface area (TPSA) is 320 Å². The number of nitrogens with one attached hydrogen (secondary N) is 2. The number of carboxylic acids is 1. The number of benzene rings is 3. The van der Waals surface area contributed by atoms with Gasteiger partial charge in [-0.25, -0.2) is 9.59 Å². The number of hydrogen-bond donors (Lipinski definition) is 5. The van der Waals surface area contributed by atoms with Crippen LogP contribution in [0.3, 0.4) is 0 Å². The number of nitro groups is 1. The van der Waals surface area contributed by atoms with Crippen molar-refractivity contribution in [1.82, 2.24) is 24.9 Å². The minimum atomic E-state index is -4.61. The Kier molecular flexibility index (Phi) is 19.5. The molecule has 5 N–H and O–H groups in total. The number of alkyl halides is 3. The number of carbonyl (C=O) groups is 3. The molecule has 2 heterocycles. The SMILES string of the molecule is CCOC(=O)C(C)OC(=O)c1cc(Oc2ccc(C(F)(F)F)cc2Cl)ccc1[N+](=O)[O-].COc1cc(OC)n2nc(S(=O)(=O)Nc3c(Cl)ccc(C)c3Cl)nc2n1.O=C(O)CNCP(=O)(O)O. The lowest BCUT2D eigenvalue weighted by Crippen LogP contribution is -2.26. The molecular formula is C36H36Cl3F3N7O16PS. The van der Waals surface area contributed by atoms with Gasteiger partial charge in [0.15, 0.2) is 6.10 Å². The molecule has 0 saturated carbocycles. The van der Waals surface area contributed by atoms with Crippen molar-refractivity contribution in [3.05, 3.63) is 96.5 Å². The highest BCUT2D eigenvalue weighted by atomic mass is 35.5. The second kappa shape index (κ2) is 23.6. The Hall–Kier alpha value is -6.06. The summed E-state index contributed by atoms with van der Waals surface area (Å²) in [5, 5.41) is 24.7. The molecule has 1 atom stereocenters. The van der Waals surface area contributed by atoms with E-state index in [4.69, 9.17) is 73.4 Å². The van der Waals surface area contributed by atoms with E-state index in [0.29, 0.717) is 11.6 Å². The summed E-state index contributed by atoms with van der Waals surface area (Å²) in [6.45, 7) is 4.10. The van der Waals surface area contributed by atoms with Crippen LogP contribution >= 0.6 is 42.4 Å². The maximum absolute atomic E-state index is 12.8. The number of methoxy groups -OCH3 is 2. The fourth-order valence-corrected chi connectivity index (χ4v) is 6.89. The largest absolute Gasteiger partial charge is 0.481 e. The van der Waals surface area contributed by atoms with Gasteiger partial charge in [0.2, 0.25) is 11.8 Å². The lowest BCUT2D eigenvalue weighted by atomic mass is 10.1. The van der Waals surface area contributed by atoms with Crippen molar-refractivity contribution in [3.8, 4) is 23.3 Å². The molecule has 2 aromatic heterocycles. The van der Waals surface area contributed by atoms with Crippen molar-refractivity contribution < 1.29 is 84.0 Å². The number of nitro benzene ring substituents is 1. The molecule has 23 nitrogen and oxygen atoms in total. The smallest absolute Gasteiger partial charge is 0.416 e. The Morgan fingerprint density at radius 2 is 1.67 bits per heavy atom. The number of carboxylic acid groups (broad SMARTS) is 1. The van der Waals surface area contributed by atoms with Gasteiger partial charge in [-0.1, -0.05) is 40.9 Å². The van der Waals surface area contributed by atoms with Crippen LogP contribution in [0.15, 0.2) is 59.8 Å². The van der Waals surface area contributed by atoms with E-state index in [1.165, 1.54) is 33.3 Å². The Morgan fingerprint density at radius 3 is 2.22 bits per heavy atom. The van der Waals surface area contributed by atoms with Crippen LogP contribution in [0.25, 0.3) is 5.78 Å². The third-order valence-electron chi connectivity index (χ3n) is 7.78. The summed E-state index contributed by atoms with van der Waals surface area (Å²) in [6, 6.07) is 10.0. The van der Waals surface area contributed by atoms with E-state index in [1.807, 2.05) is 0 Å². The molecule has 0 saturated heterocycles. The number of sulfonamides is 1. The van der Waals surface area contributed by atoms with E-state index >= 15 is 0 Å². The van der Waals surface area contributed by atoms with Crippen LogP contribution in [0.5, 0.6) is 23.3 Å². The number of ether oxygens (including phenoxy) is 5. The van der Waals surface area contributed by atoms with Crippen LogP contribution in [0.1, 0.15) is 35.3 Å². The van der Waals surface area contributed by atoms with Gasteiger partial charge in [-0.05, 0) is 56.7 Å². The molecule has 0 spiro atoms. The first-order chi connectivity index (χ1) is 31.1. The van der Waals surface area contributed by atoms with Crippen molar-refractivity contribution in [2.45, 2.75) is 38.2 Å². The summed E-state index contributed by atoms with van der Waals surface area (Å²) < 4.78 is 102. The Balaban J connectivity index is 0.000000298. The third-order valence-corrected chi connectivity index (χ3v) is 10.6. The fourth-order valence-electron chi connectivity index (χ4n) is 4.73. The standard InChI is InChI=1S/C19H15ClF3NO7.C14H13Cl2N5O4S.C3H8NO5P/c1-3-29-17(25)10(2)30-18(26)13-9-12(5-6-15(13)24(27)28)31-16-7-4-11(8-14(16)20)19(21,22)23;1-7-4-5-8(15)12(11(7)16)20-26(22,23)14-18-13-17-9(24-2)6-10(25-3)21(13)19-14;5-3(6)1-4-2-10(7,8)9/h4-10H,3H2,1-2H3;4-6,20H,1-3H3;4H,1-2H2,(H,5,6)(H2,7,8,9). The maximum atomic E-state index is 12.8. The lowest BCUT2D eigenvalue weighted by Gasteiger charge is -2.13. The minimum absolute atomic E-state index is 0.0111. The van der Waals surface area contributed by atoms with E-state index in [0.717, 1.165) is 34.8 Å². The van der Waals surface area contributed by atoms with E-state index in [2.05, 4.69) is 25.1 Å². The highest BCUT2D eigenvalue weighted by molar-refractivity contribution is 7.92. The molecule has 0 aliphatic heterocycles. The van der Waals surface area contributed by atoms with Crippen LogP contribution in [0, 0.1) is 17.0 Å². The minimum Gasteiger partial charge on any atom is -0.481 e. The Bertz CT molecular complexity index is 2800. The molecule has 5 aromatic rings. The summed E-state index contributed by atoms with van der Waals surface area (Å²) in [4.78, 5) is 68.5. The fraction of sp³-hybridized carbons (Fsp3) is 0.278. The molecule has 1 unspecified atom stereocenters. The highest BCUT2D eigenvalue weighted by Gasteiger charge is 2.32. The number of halogens is 6. The highest BCUT2D eigenvalue weighted by Crippen LogP contribution is 2.38. The molecule has 67 heavy (non-hydrogen) atoms. The quantitative estimate of drug-likeness (QED) is 0.0304. The summed E-state index contributed by atoms with van der Waals surface area (Å²) in [7, 11) is -5.47. The van der Waals surface area contributed by atoms with Crippen molar-refractivity contribution >= 4 is 87.5 Å². The van der Waals surface area contributed by atoms with Gasteiger partial charge in [0.1, 0.15) is 17.1 Å². The van der Waals surface area contributed by atoms with Crippen LogP contribution < -0.4 is 24.2 Å². The van der Waals surface area contributed by atoms with Gasteiger partial charge in [-0.2, -0.15) is 36.1 Å². The number of hydrogen-bond acceptors (Lipinski definition) is 17. The van der Waals surface area contributed by atoms with Gasteiger partial charge in [-0.15, -0.1) is 5.10 Å². The average Bonchev–Trinajstić information content (AvgIpc) is 3.69. The van der Waals surface area contributed by atoms with Gasteiger partial charge < -0.3 is 38.6 Å². The third kappa shape index (κ3) is 16.1. The molecular weight excluding hydrogens is 1010 g/mol. The van der Waals surface area contributed by atoms with E-state index < -0.39 is 87.5 Å². The summed E-state index contributed by atoms with van der Waals surface area (Å²) in [6.07, 6.45) is -6.54. The zero-order chi connectivity index (χ0) is 50.6. The number of aliphatic carboxylic acids is 1. The summed E-state index contributed by atoms with van der Waals surface area (Å²) in [5.41, 5.74) is -1.46. The number of nitrogens with zero attached hydrogens (tertiary/aromatic N) is 5. The summed E-state index contributed by atoms with van der Waals surface area (Å²) >= 11 is 18.0. The molecule has 364 valence electrons. The molecule has 5 rings (SSSR count). The molecule has 0 fully saturated rings. The molecule has 0 radical (unpaired) electrons. The van der Waals surface area contributed by atoms with Gasteiger partial charge >= 0.3 is 31.7 Å². The average molecular weight is 1050 g/mol. The molecule has 0 aliphatic rings. The zero-order valence-corrected chi connectivity index (χ0v) is 38.9. The number of carbonyl (C=O) groups excluding carboxylic acids is 2. The number of fused-ring (bicyclic) bond motifs is 1. The van der Waals surface area contributed by atoms with Gasteiger partial charge in [-0.3, -0.25) is 29.5 Å². The van der Waals surface area contributed by atoms with Crippen molar-refractivity contribution in [2.75, 3.05) is 38.4 Å². The van der Waals surface area contributed by atoms with Crippen molar-refractivity contribution in [2.24, 2.45) is 0 Å². The normalized spacial score (nSPS) is 11.8. The first kappa shape index (κ1) is 55.3. The first-order valence-corrected chi connectivity index (χ1v) is 22.5. The van der Waals surface area contributed by atoms with Crippen LogP contribution in [0.2, 0.25) is 15.1 Å². The van der Waals surface area contributed by atoms with Crippen molar-refractivity contribution in [1.29, 1.82) is 0 Å². The molecule has 31 heteroatoms. The number of esters is 2. The molecule has 0 amide bonds. The maximum Gasteiger partial charge on any atom is 0.416 e. The summed E-state index contributed by atoms with van der Waals surface area (Å²) in [5.74, 6) is -3.11. The monoisotopic (exact) mass is 1050 g/mol. The second-order valence-corrected chi connectivity index (χ2v) is 17.1. The Morgan fingerprint density at radius 1 is 1.00 bits per heavy atom. The predicted molar refractivity (Wildman–Crippen MR) is 230 cm³/mol.